The second kappa shape index (κ2) is 5.07. The van der Waals surface area contributed by atoms with Crippen LogP contribution in [-0.2, 0) is 16.1 Å². The topological polar surface area (TPSA) is 38.3 Å². The van der Waals surface area contributed by atoms with E-state index in [2.05, 4.69) is 5.32 Å². The monoisotopic (exact) mass is 223 g/mol. The summed E-state index contributed by atoms with van der Waals surface area (Å²) in [6.07, 6.45) is 0.753. The molecule has 0 bridgehead atoms. The zero-order valence-corrected chi connectivity index (χ0v) is 8.91. The third kappa shape index (κ3) is 2.58. The molecule has 2 rings (SSSR count). The van der Waals surface area contributed by atoms with Crippen molar-refractivity contribution in [2.24, 2.45) is 5.92 Å². The minimum Gasteiger partial charge on any atom is -0.381 e. The summed E-state index contributed by atoms with van der Waals surface area (Å²) in [5, 5.41) is 2.72. The van der Waals surface area contributed by atoms with Gasteiger partial charge in [0.05, 0.1) is 12.5 Å². The zero-order chi connectivity index (χ0) is 11.4. The SMILES string of the molecule is O=C(NCc1ccccc1F)C1CCOC1. The van der Waals surface area contributed by atoms with Crippen molar-refractivity contribution in [3.63, 3.8) is 0 Å². The van der Waals surface area contributed by atoms with Crippen LogP contribution in [0.25, 0.3) is 0 Å². The van der Waals surface area contributed by atoms with Crippen LogP contribution in [0.1, 0.15) is 12.0 Å². The van der Waals surface area contributed by atoms with Crippen LogP contribution in [0, 0.1) is 11.7 Å². The van der Waals surface area contributed by atoms with Crippen LogP contribution in [-0.4, -0.2) is 19.1 Å². The highest BCUT2D eigenvalue weighted by atomic mass is 19.1. The van der Waals surface area contributed by atoms with E-state index in [1.54, 1.807) is 18.2 Å². The molecular formula is C12H14FNO2. The maximum Gasteiger partial charge on any atom is 0.225 e. The van der Waals surface area contributed by atoms with Gasteiger partial charge in [-0.1, -0.05) is 18.2 Å². The lowest BCUT2D eigenvalue weighted by atomic mass is 10.1. The van der Waals surface area contributed by atoms with Crippen molar-refractivity contribution in [1.82, 2.24) is 5.32 Å². The van der Waals surface area contributed by atoms with Gasteiger partial charge in [0, 0.05) is 18.7 Å². The molecule has 1 aliphatic heterocycles. The van der Waals surface area contributed by atoms with E-state index in [0.29, 0.717) is 18.8 Å². The minimum atomic E-state index is -0.287. The fraction of sp³-hybridized carbons (Fsp3) is 0.417. The van der Waals surface area contributed by atoms with E-state index in [-0.39, 0.29) is 24.2 Å². The summed E-state index contributed by atoms with van der Waals surface area (Å²) in [5.41, 5.74) is 0.509. The number of carbonyl (C=O) groups excluding carboxylic acids is 1. The van der Waals surface area contributed by atoms with Gasteiger partial charge in [0.25, 0.3) is 0 Å². The predicted octanol–water partition coefficient (Wildman–Crippen LogP) is 1.48. The number of rotatable bonds is 3. The molecule has 3 nitrogen and oxygen atoms in total. The second-order valence-corrected chi connectivity index (χ2v) is 3.87. The number of halogens is 1. The predicted molar refractivity (Wildman–Crippen MR) is 57.2 cm³/mol. The van der Waals surface area contributed by atoms with Crippen molar-refractivity contribution < 1.29 is 13.9 Å². The normalized spacial score (nSPS) is 19.7. The number of carbonyl (C=O) groups is 1. The number of hydrogen-bond donors (Lipinski definition) is 1. The van der Waals surface area contributed by atoms with Gasteiger partial charge in [0.1, 0.15) is 5.82 Å². The molecule has 1 N–H and O–H groups in total. The van der Waals surface area contributed by atoms with E-state index in [9.17, 15) is 9.18 Å². The third-order valence-electron chi connectivity index (χ3n) is 2.71. The third-order valence-corrected chi connectivity index (χ3v) is 2.71. The van der Waals surface area contributed by atoms with Crippen molar-refractivity contribution in [3.8, 4) is 0 Å². The van der Waals surface area contributed by atoms with Crippen molar-refractivity contribution in [2.45, 2.75) is 13.0 Å². The van der Waals surface area contributed by atoms with E-state index < -0.39 is 0 Å². The Morgan fingerprint density at radius 2 is 2.31 bits per heavy atom. The zero-order valence-electron chi connectivity index (χ0n) is 8.91. The van der Waals surface area contributed by atoms with Crippen LogP contribution in [0.5, 0.6) is 0 Å². The van der Waals surface area contributed by atoms with E-state index in [1.165, 1.54) is 6.07 Å². The Labute approximate surface area is 93.6 Å². The Bertz CT molecular complexity index is 375. The molecule has 1 aromatic carbocycles. The van der Waals surface area contributed by atoms with Crippen LogP contribution < -0.4 is 5.32 Å². The largest absolute Gasteiger partial charge is 0.381 e. The lowest BCUT2D eigenvalue weighted by Crippen LogP contribution is -2.30. The first-order valence-electron chi connectivity index (χ1n) is 5.36. The maximum atomic E-state index is 13.2. The molecule has 1 aromatic rings. The van der Waals surface area contributed by atoms with Gasteiger partial charge in [-0.3, -0.25) is 4.79 Å². The summed E-state index contributed by atoms with van der Waals surface area (Å²) < 4.78 is 18.4. The van der Waals surface area contributed by atoms with E-state index in [4.69, 9.17) is 4.74 Å². The van der Waals surface area contributed by atoms with Gasteiger partial charge in [-0.15, -0.1) is 0 Å². The molecule has 1 heterocycles. The highest BCUT2D eigenvalue weighted by Gasteiger charge is 2.23. The molecule has 1 amide bonds. The van der Waals surface area contributed by atoms with Crippen LogP contribution in [0.2, 0.25) is 0 Å². The molecule has 16 heavy (non-hydrogen) atoms. The molecule has 4 heteroatoms. The summed E-state index contributed by atoms with van der Waals surface area (Å²) in [5.74, 6) is -0.419. The quantitative estimate of drug-likeness (QED) is 0.842. The van der Waals surface area contributed by atoms with Crippen LogP contribution in [0.3, 0.4) is 0 Å². The van der Waals surface area contributed by atoms with Crippen LogP contribution >= 0.6 is 0 Å². The van der Waals surface area contributed by atoms with Crippen molar-refractivity contribution in [3.05, 3.63) is 35.6 Å². The Hall–Kier alpha value is -1.42. The summed E-state index contributed by atoms with van der Waals surface area (Å²) in [7, 11) is 0. The molecule has 1 saturated heterocycles. The first-order valence-corrected chi connectivity index (χ1v) is 5.36. The lowest BCUT2D eigenvalue weighted by molar-refractivity contribution is -0.125. The molecule has 0 spiro atoms. The van der Waals surface area contributed by atoms with Gasteiger partial charge < -0.3 is 10.1 Å². The first kappa shape index (κ1) is 11.1. The number of benzene rings is 1. The molecule has 1 atom stereocenters. The lowest BCUT2D eigenvalue weighted by Gasteiger charge is -2.09. The number of ether oxygens (including phenoxy) is 1. The van der Waals surface area contributed by atoms with Gasteiger partial charge >= 0.3 is 0 Å². The molecule has 0 aliphatic carbocycles. The van der Waals surface area contributed by atoms with Crippen molar-refractivity contribution in [2.75, 3.05) is 13.2 Å². The molecule has 1 unspecified atom stereocenters. The molecule has 0 saturated carbocycles. The van der Waals surface area contributed by atoms with E-state index >= 15 is 0 Å². The molecule has 86 valence electrons. The smallest absolute Gasteiger partial charge is 0.225 e. The highest BCUT2D eigenvalue weighted by Crippen LogP contribution is 2.12. The van der Waals surface area contributed by atoms with E-state index in [1.807, 2.05) is 0 Å². The van der Waals surface area contributed by atoms with Crippen molar-refractivity contribution >= 4 is 5.91 Å². The number of amides is 1. The average molecular weight is 223 g/mol. The standard InChI is InChI=1S/C12H14FNO2/c13-11-4-2-1-3-9(11)7-14-12(15)10-5-6-16-8-10/h1-4,10H,5-8H2,(H,14,15). The maximum absolute atomic E-state index is 13.2. The van der Waals surface area contributed by atoms with Gasteiger partial charge in [-0.25, -0.2) is 4.39 Å². The van der Waals surface area contributed by atoms with Gasteiger partial charge in [-0.05, 0) is 12.5 Å². The average Bonchev–Trinajstić information content (AvgIpc) is 2.81. The van der Waals surface area contributed by atoms with Gasteiger partial charge in [-0.2, -0.15) is 0 Å². The van der Waals surface area contributed by atoms with Gasteiger partial charge in [0.15, 0.2) is 0 Å². The highest BCUT2D eigenvalue weighted by molar-refractivity contribution is 5.78. The fourth-order valence-electron chi connectivity index (χ4n) is 1.71. The Morgan fingerprint density at radius 1 is 1.50 bits per heavy atom. The number of nitrogens with one attached hydrogen (secondary N) is 1. The summed E-state index contributed by atoms with van der Waals surface area (Å²) in [6.45, 7) is 1.35. The Morgan fingerprint density at radius 3 is 3.00 bits per heavy atom. The second-order valence-electron chi connectivity index (χ2n) is 3.87. The molecular weight excluding hydrogens is 209 g/mol. The summed E-state index contributed by atoms with van der Waals surface area (Å²) in [6, 6.07) is 6.44. The molecule has 0 aromatic heterocycles. The first-order chi connectivity index (χ1) is 7.77. The van der Waals surface area contributed by atoms with Crippen LogP contribution in [0.4, 0.5) is 4.39 Å². The summed E-state index contributed by atoms with van der Waals surface area (Å²) in [4.78, 5) is 11.6. The van der Waals surface area contributed by atoms with Crippen LogP contribution in [0.15, 0.2) is 24.3 Å². The Kier molecular flexibility index (Phi) is 3.51. The molecule has 1 aliphatic rings. The Balaban J connectivity index is 1.87. The van der Waals surface area contributed by atoms with Crippen molar-refractivity contribution in [1.29, 1.82) is 0 Å². The molecule has 0 radical (unpaired) electrons. The number of hydrogen-bond acceptors (Lipinski definition) is 2. The molecule has 1 fully saturated rings. The summed E-state index contributed by atoms with van der Waals surface area (Å²) >= 11 is 0. The minimum absolute atomic E-state index is 0.0549. The van der Waals surface area contributed by atoms with Gasteiger partial charge in [0.2, 0.25) is 5.91 Å². The van der Waals surface area contributed by atoms with E-state index in [0.717, 1.165) is 6.42 Å². The fourth-order valence-corrected chi connectivity index (χ4v) is 1.71.